The molecule has 0 saturated heterocycles. The number of carboxylic acid groups (broad SMARTS) is 1. The van der Waals surface area contributed by atoms with Gasteiger partial charge in [-0.2, -0.15) is 0 Å². The lowest BCUT2D eigenvalue weighted by Gasteiger charge is -2.31. The van der Waals surface area contributed by atoms with Gasteiger partial charge in [-0.15, -0.1) is 5.06 Å². The fraction of sp³-hybridized carbons (Fsp3) is 0.370. The van der Waals surface area contributed by atoms with E-state index in [1.165, 1.54) is 7.11 Å². The van der Waals surface area contributed by atoms with Gasteiger partial charge in [0.25, 0.3) is 0 Å². The number of benzene rings is 2. The second-order valence-electron chi connectivity index (χ2n) is 10.2. The normalized spacial score (nSPS) is 12.6. The number of nitrogens with zero attached hydrogens (tertiary/aromatic N) is 2. The van der Waals surface area contributed by atoms with Crippen molar-refractivity contribution in [2.24, 2.45) is 0 Å². The SMILES string of the molecule is COc1cccc(C(Nc2ccc3c(N(OC(C)(C)C)C(=O)OC(C)(C)C)nccc3c2)C(=O)O)c1. The minimum Gasteiger partial charge on any atom is -0.497 e. The molecule has 1 atom stereocenters. The van der Waals surface area contributed by atoms with E-state index in [0.717, 1.165) is 10.4 Å². The zero-order chi connectivity index (χ0) is 26.7. The first-order valence-electron chi connectivity index (χ1n) is 11.5. The predicted molar refractivity (Wildman–Crippen MR) is 138 cm³/mol. The van der Waals surface area contributed by atoms with Gasteiger partial charge in [-0.05, 0) is 88.9 Å². The molecule has 0 bridgehead atoms. The molecule has 1 heterocycles. The average molecular weight is 496 g/mol. The monoisotopic (exact) mass is 495 g/mol. The van der Waals surface area contributed by atoms with Crippen molar-refractivity contribution in [2.45, 2.75) is 58.8 Å². The zero-order valence-corrected chi connectivity index (χ0v) is 21.7. The Bertz CT molecular complexity index is 1250. The molecule has 0 saturated carbocycles. The number of carbonyl (C=O) groups is 2. The number of hydrogen-bond acceptors (Lipinski definition) is 7. The highest BCUT2D eigenvalue weighted by molar-refractivity contribution is 5.99. The minimum atomic E-state index is -1.03. The summed E-state index contributed by atoms with van der Waals surface area (Å²) >= 11 is 0. The van der Waals surface area contributed by atoms with Crippen LogP contribution in [0.1, 0.15) is 53.1 Å². The summed E-state index contributed by atoms with van der Waals surface area (Å²) in [6, 6.07) is 12.9. The summed E-state index contributed by atoms with van der Waals surface area (Å²) in [5.41, 5.74) is -0.305. The van der Waals surface area contributed by atoms with Crippen LogP contribution in [0.5, 0.6) is 5.75 Å². The summed E-state index contributed by atoms with van der Waals surface area (Å²) in [5.74, 6) is -0.199. The van der Waals surface area contributed by atoms with Crippen molar-refractivity contribution in [3.05, 3.63) is 60.3 Å². The van der Waals surface area contributed by atoms with E-state index in [2.05, 4.69) is 10.3 Å². The van der Waals surface area contributed by atoms with Crippen LogP contribution in [0.4, 0.5) is 16.3 Å². The van der Waals surface area contributed by atoms with Gasteiger partial charge in [-0.1, -0.05) is 12.1 Å². The molecule has 0 fully saturated rings. The topological polar surface area (TPSA) is 110 Å². The van der Waals surface area contributed by atoms with Crippen molar-refractivity contribution < 1.29 is 29.0 Å². The van der Waals surface area contributed by atoms with E-state index in [-0.39, 0.29) is 5.82 Å². The van der Waals surface area contributed by atoms with Crippen molar-refractivity contribution in [1.82, 2.24) is 4.98 Å². The Morgan fingerprint density at radius 2 is 1.72 bits per heavy atom. The lowest BCUT2D eigenvalue weighted by Crippen LogP contribution is -2.42. The number of carboxylic acids is 1. The van der Waals surface area contributed by atoms with Crippen LogP contribution in [-0.2, 0) is 14.4 Å². The summed E-state index contributed by atoms with van der Waals surface area (Å²) in [4.78, 5) is 35.4. The van der Waals surface area contributed by atoms with Crippen molar-refractivity contribution in [2.75, 3.05) is 17.5 Å². The van der Waals surface area contributed by atoms with Crippen LogP contribution >= 0.6 is 0 Å². The van der Waals surface area contributed by atoms with Crippen molar-refractivity contribution >= 4 is 34.3 Å². The van der Waals surface area contributed by atoms with Gasteiger partial charge in [0.15, 0.2) is 11.9 Å². The van der Waals surface area contributed by atoms with Gasteiger partial charge in [0.2, 0.25) is 0 Å². The van der Waals surface area contributed by atoms with E-state index in [4.69, 9.17) is 14.3 Å². The molecule has 192 valence electrons. The van der Waals surface area contributed by atoms with Crippen molar-refractivity contribution in [1.29, 1.82) is 0 Å². The molecule has 3 aromatic rings. The number of amides is 1. The van der Waals surface area contributed by atoms with Crippen LogP contribution in [0.25, 0.3) is 10.8 Å². The Kier molecular flexibility index (Phi) is 7.74. The number of nitrogens with one attached hydrogen (secondary N) is 1. The molecule has 9 heteroatoms. The molecule has 1 unspecified atom stereocenters. The summed E-state index contributed by atoms with van der Waals surface area (Å²) in [5, 5.41) is 15.3. The third kappa shape index (κ3) is 6.85. The maximum atomic E-state index is 13.0. The predicted octanol–water partition coefficient (Wildman–Crippen LogP) is 5.95. The van der Waals surface area contributed by atoms with Crippen LogP contribution in [0.15, 0.2) is 54.7 Å². The van der Waals surface area contributed by atoms with Crippen LogP contribution in [0.3, 0.4) is 0 Å². The third-order valence-electron chi connectivity index (χ3n) is 4.85. The molecule has 1 aromatic heterocycles. The highest BCUT2D eigenvalue weighted by Gasteiger charge is 2.30. The maximum Gasteiger partial charge on any atom is 0.440 e. The average Bonchev–Trinajstić information content (AvgIpc) is 2.78. The number of aromatic nitrogens is 1. The van der Waals surface area contributed by atoms with Gasteiger partial charge in [-0.3, -0.25) is 4.84 Å². The molecule has 2 aromatic carbocycles. The number of fused-ring (bicyclic) bond motifs is 1. The molecule has 36 heavy (non-hydrogen) atoms. The molecule has 0 spiro atoms. The minimum absolute atomic E-state index is 0.269. The van der Waals surface area contributed by atoms with E-state index in [1.54, 1.807) is 75.5 Å². The van der Waals surface area contributed by atoms with E-state index < -0.39 is 29.3 Å². The Hall–Kier alpha value is -3.85. The first-order valence-corrected chi connectivity index (χ1v) is 11.5. The Balaban J connectivity index is 2.00. The standard InChI is InChI=1S/C27H33N3O6/c1-26(2,3)35-25(33)30(36-27(4,5)6)23-21-12-11-19(15-17(21)13-14-28-23)29-22(24(31)32)18-9-8-10-20(16-18)34-7/h8-16,22,29H,1-7H3,(H,31,32). The van der Waals surface area contributed by atoms with Crippen LogP contribution < -0.4 is 15.1 Å². The van der Waals surface area contributed by atoms with Crippen molar-refractivity contribution in [3.63, 3.8) is 0 Å². The summed E-state index contributed by atoms with van der Waals surface area (Å²) < 4.78 is 10.8. The van der Waals surface area contributed by atoms with E-state index >= 15 is 0 Å². The molecule has 0 aliphatic carbocycles. The lowest BCUT2D eigenvalue weighted by atomic mass is 10.1. The van der Waals surface area contributed by atoms with Gasteiger partial charge >= 0.3 is 12.1 Å². The summed E-state index contributed by atoms with van der Waals surface area (Å²) in [6.45, 7) is 10.8. The van der Waals surface area contributed by atoms with Crippen LogP contribution in [0.2, 0.25) is 0 Å². The molecule has 1 amide bonds. The molecule has 3 rings (SSSR count). The Morgan fingerprint density at radius 1 is 1.00 bits per heavy atom. The number of pyridine rings is 1. The van der Waals surface area contributed by atoms with Gasteiger partial charge < -0.3 is 19.9 Å². The quantitative estimate of drug-likeness (QED) is 0.387. The number of hydroxylamine groups is 1. The second kappa shape index (κ2) is 10.4. The fourth-order valence-corrected chi connectivity index (χ4v) is 3.43. The lowest BCUT2D eigenvalue weighted by molar-refractivity contribution is -0.138. The number of carbonyl (C=O) groups excluding carboxylic acids is 1. The molecular weight excluding hydrogens is 462 g/mol. The maximum absolute atomic E-state index is 13.0. The highest BCUT2D eigenvalue weighted by atomic mass is 16.7. The molecular formula is C27H33N3O6. The Morgan fingerprint density at radius 3 is 2.33 bits per heavy atom. The number of aliphatic carboxylic acids is 1. The fourth-order valence-electron chi connectivity index (χ4n) is 3.43. The first-order chi connectivity index (χ1) is 16.8. The Labute approximate surface area is 210 Å². The molecule has 2 N–H and O–H groups in total. The molecule has 0 radical (unpaired) electrons. The van der Waals surface area contributed by atoms with Crippen LogP contribution in [-0.4, -0.2) is 40.5 Å². The number of rotatable bonds is 7. The van der Waals surface area contributed by atoms with Crippen LogP contribution in [0, 0.1) is 0 Å². The smallest absolute Gasteiger partial charge is 0.440 e. The number of ether oxygens (including phenoxy) is 2. The first kappa shape index (κ1) is 26.7. The number of hydrogen-bond donors (Lipinski definition) is 2. The van der Waals surface area contributed by atoms with Gasteiger partial charge in [0.05, 0.1) is 12.7 Å². The third-order valence-corrected chi connectivity index (χ3v) is 4.85. The highest BCUT2D eigenvalue weighted by Crippen LogP contribution is 2.31. The summed E-state index contributed by atoms with van der Waals surface area (Å²) in [7, 11) is 1.53. The van der Waals surface area contributed by atoms with E-state index in [1.807, 2.05) is 20.8 Å². The molecule has 0 aliphatic heterocycles. The van der Waals surface area contributed by atoms with Gasteiger partial charge in [0, 0.05) is 17.3 Å². The zero-order valence-electron chi connectivity index (χ0n) is 21.7. The van der Waals surface area contributed by atoms with Gasteiger partial charge in [0.1, 0.15) is 11.4 Å². The molecule has 9 nitrogen and oxygen atoms in total. The molecule has 0 aliphatic rings. The van der Waals surface area contributed by atoms with Crippen molar-refractivity contribution in [3.8, 4) is 5.75 Å². The number of anilines is 2. The summed E-state index contributed by atoms with van der Waals surface area (Å²) in [6.07, 6.45) is 0.866. The largest absolute Gasteiger partial charge is 0.497 e. The second-order valence-corrected chi connectivity index (χ2v) is 10.2. The van der Waals surface area contributed by atoms with Gasteiger partial charge in [-0.25, -0.2) is 14.6 Å². The number of methoxy groups -OCH3 is 1. The van der Waals surface area contributed by atoms with E-state index in [9.17, 15) is 14.7 Å². The van der Waals surface area contributed by atoms with E-state index in [0.29, 0.717) is 22.4 Å².